The van der Waals surface area contributed by atoms with Crippen LogP contribution < -0.4 is 5.32 Å². The molecule has 5 heteroatoms. The van der Waals surface area contributed by atoms with E-state index in [9.17, 15) is 0 Å². The molecule has 0 bridgehead atoms. The topological polar surface area (TPSA) is 29.9 Å². The number of aromatic nitrogens is 2. The highest BCUT2D eigenvalue weighted by molar-refractivity contribution is 7.10. The van der Waals surface area contributed by atoms with Gasteiger partial charge in [-0.1, -0.05) is 25.4 Å². The third-order valence-electron chi connectivity index (χ3n) is 3.98. The maximum Gasteiger partial charge on any atom is 0.0644 e. The van der Waals surface area contributed by atoms with Gasteiger partial charge in [0.15, 0.2) is 0 Å². The van der Waals surface area contributed by atoms with Crippen molar-refractivity contribution < 1.29 is 0 Å². The van der Waals surface area contributed by atoms with Crippen molar-refractivity contribution in [3.63, 3.8) is 0 Å². The Hall–Kier alpha value is -0.840. The Morgan fingerprint density at radius 1 is 1.38 bits per heavy atom. The molecule has 2 rings (SSSR count). The van der Waals surface area contributed by atoms with Crippen LogP contribution in [0.25, 0.3) is 0 Å². The fourth-order valence-corrected chi connectivity index (χ4v) is 4.01. The Balaban J connectivity index is 2.14. The first-order valence-electron chi connectivity index (χ1n) is 7.55. The summed E-state index contributed by atoms with van der Waals surface area (Å²) in [4.78, 5) is 1.20. The van der Waals surface area contributed by atoms with Gasteiger partial charge in [-0.15, -0.1) is 11.3 Å². The van der Waals surface area contributed by atoms with Crippen molar-refractivity contribution in [2.75, 3.05) is 7.05 Å². The average molecular weight is 326 g/mol. The molecule has 0 amide bonds. The lowest BCUT2D eigenvalue weighted by molar-refractivity contribution is 0.423. The van der Waals surface area contributed by atoms with E-state index in [0.717, 1.165) is 35.5 Å². The maximum absolute atomic E-state index is 6.39. The molecule has 0 radical (unpaired) electrons. The van der Waals surface area contributed by atoms with Gasteiger partial charge in [0.05, 0.1) is 16.8 Å². The van der Waals surface area contributed by atoms with Crippen LogP contribution in [0.2, 0.25) is 5.02 Å². The van der Waals surface area contributed by atoms with Crippen molar-refractivity contribution in [3.05, 3.63) is 38.8 Å². The summed E-state index contributed by atoms with van der Waals surface area (Å²) in [5.74, 6) is 0. The van der Waals surface area contributed by atoms with E-state index in [0.29, 0.717) is 6.04 Å². The zero-order chi connectivity index (χ0) is 15.4. The molecule has 1 N–H and O–H groups in total. The summed E-state index contributed by atoms with van der Waals surface area (Å²) in [5.41, 5.74) is 2.27. The minimum Gasteiger partial charge on any atom is -0.312 e. The van der Waals surface area contributed by atoms with Gasteiger partial charge in [0.1, 0.15) is 0 Å². The predicted molar refractivity (Wildman–Crippen MR) is 91.4 cm³/mol. The SMILES string of the molecule is CCC(CC)n1ccc(CC(NC)c2scc(C)c2Cl)n1. The molecule has 0 saturated carbocycles. The Morgan fingerprint density at radius 3 is 2.62 bits per heavy atom. The number of hydrogen-bond donors (Lipinski definition) is 1. The lowest BCUT2D eigenvalue weighted by Gasteiger charge is -2.15. The first-order chi connectivity index (χ1) is 10.1. The van der Waals surface area contributed by atoms with Crippen LogP contribution in [0, 0.1) is 6.92 Å². The quantitative estimate of drug-likeness (QED) is 0.794. The lowest BCUT2D eigenvalue weighted by atomic mass is 10.1. The molecule has 0 saturated heterocycles. The molecule has 2 heterocycles. The zero-order valence-electron chi connectivity index (χ0n) is 13.2. The molecule has 116 valence electrons. The second kappa shape index (κ2) is 7.43. The van der Waals surface area contributed by atoms with Crippen LogP contribution in [0.15, 0.2) is 17.6 Å². The summed E-state index contributed by atoms with van der Waals surface area (Å²) in [6.45, 7) is 6.47. The molecule has 1 unspecified atom stereocenters. The van der Waals surface area contributed by atoms with E-state index in [2.05, 4.69) is 48.4 Å². The fourth-order valence-electron chi connectivity index (χ4n) is 2.57. The van der Waals surface area contributed by atoms with E-state index in [-0.39, 0.29) is 6.04 Å². The van der Waals surface area contributed by atoms with Crippen LogP contribution in [-0.2, 0) is 6.42 Å². The van der Waals surface area contributed by atoms with Crippen molar-refractivity contribution >= 4 is 22.9 Å². The van der Waals surface area contributed by atoms with Crippen LogP contribution in [-0.4, -0.2) is 16.8 Å². The second-order valence-corrected chi connectivity index (χ2v) is 6.69. The van der Waals surface area contributed by atoms with Gasteiger partial charge in [0, 0.05) is 23.5 Å². The number of halogens is 1. The molecule has 3 nitrogen and oxygen atoms in total. The molecule has 1 atom stereocenters. The summed E-state index contributed by atoms with van der Waals surface area (Å²) in [6.07, 6.45) is 5.19. The number of hydrogen-bond acceptors (Lipinski definition) is 3. The highest BCUT2D eigenvalue weighted by Gasteiger charge is 2.18. The largest absolute Gasteiger partial charge is 0.312 e. The van der Waals surface area contributed by atoms with Crippen molar-refractivity contribution in [1.82, 2.24) is 15.1 Å². The van der Waals surface area contributed by atoms with E-state index in [1.165, 1.54) is 4.88 Å². The molecule has 2 aromatic rings. The third-order valence-corrected chi connectivity index (χ3v) is 5.81. The summed E-state index contributed by atoms with van der Waals surface area (Å²) in [6, 6.07) is 2.84. The molecule has 0 spiro atoms. The first-order valence-corrected chi connectivity index (χ1v) is 8.81. The maximum atomic E-state index is 6.39. The van der Waals surface area contributed by atoms with Gasteiger partial charge in [-0.25, -0.2) is 0 Å². The van der Waals surface area contributed by atoms with E-state index in [1.54, 1.807) is 11.3 Å². The number of nitrogens with one attached hydrogen (secondary N) is 1. The van der Waals surface area contributed by atoms with Crippen LogP contribution in [0.4, 0.5) is 0 Å². The van der Waals surface area contributed by atoms with Gasteiger partial charge in [-0.05, 0) is 43.8 Å². The van der Waals surface area contributed by atoms with Crippen molar-refractivity contribution in [2.45, 2.75) is 52.1 Å². The average Bonchev–Trinajstić information content (AvgIpc) is 3.07. The van der Waals surface area contributed by atoms with E-state index in [4.69, 9.17) is 16.7 Å². The zero-order valence-corrected chi connectivity index (χ0v) is 14.8. The minimum absolute atomic E-state index is 0.223. The Bertz CT molecular complexity index is 572. The molecule has 0 aliphatic carbocycles. The highest BCUT2D eigenvalue weighted by Crippen LogP contribution is 2.33. The molecule has 21 heavy (non-hydrogen) atoms. The molecular weight excluding hydrogens is 302 g/mol. The summed E-state index contributed by atoms with van der Waals surface area (Å²) >= 11 is 8.12. The van der Waals surface area contributed by atoms with Gasteiger partial charge in [0.2, 0.25) is 0 Å². The molecule has 2 aromatic heterocycles. The molecule has 0 aromatic carbocycles. The summed E-state index contributed by atoms with van der Waals surface area (Å²) < 4.78 is 2.10. The third kappa shape index (κ3) is 3.68. The fraction of sp³-hybridized carbons (Fsp3) is 0.562. The van der Waals surface area contributed by atoms with Crippen molar-refractivity contribution in [2.24, 2.45) is 0 Å². The monoisotopic (exact) mass is 325 g/mol. The van der Waals surface area contributed by atoms with Gasteiger partial charge in [-0.3, -0.25) is 4.68 Å². The van der Waals surface area contributed by atoms with Crippen LogP contribution in [0.5, 0.6) is 0 Å². The molecule has 0 fully saturated rings. The summed E-state index contributed by atoms with van der Waals surface area (Å²) in [7, 11) is 1.98. The van der Waals surface area contributed by atoms with Gasteiger partial charge in [-0.2, -0.15) is 5.10 Å². The van der Waals surface area contributed by atoms with E-state index < -0.39 is 0 Å². The van der Waals surface area contributed by atoms with Crippen molar-refractivity contribution in [3.8, 4) is 0 Å². The smallest absolute Gasteiger partial charge is 0.0644 e. The number of likely N-dealkylation sites (N-methyl/N-ethyl adjacent to an activating group) is 1. The standard InChI is InChI=1S/C16H24ClN3S/c1-5-13(6-2)20-8-7-12(19-20)9-14(18-4)16-15(17)11(3)10-21-16/h7-8,10,13-14,18H,5-6,9H2,1-4H3. The van der Waals surface area contributed by atoms with Crippen LogP contribution in [0.3, 0.4) is 0 Å². The predicted octanol–water partition coefficient (Wildman–Crippen LogP) is 4.77. The number of nitrogens with zero attached hydrogens (tertiary/aromatic N) is 2. The second-order valence-electron chi connectivity index (χ2n) is 5.40. The molecular formula is C16H24ClN3S. The van der Waals surface area contributed by atoms with Gasteiger partial charge < -0.3 is 5.32 Å². The number of aryl methyl sites for hydroxylation is 1. The Labute approximate surface area is 136 Å². The van der Waals surface area contributed by atoms with Crippen molar-refractivity contribution in [1.29, 1.82) is 0 Å². The first kappa shape index (κ1) is 16.5. The van der Waals surface area contributed by atoms with Gasteiger partial charge in [0.25, 0.3) is 0 Å². The van der Waals surface area contributed by atoms with Crippen LogP contribution in [0.1, 0.15) is 54.9 Å². The molecule has 0 aliphatic rings. The Kier molecular flexibility index (Phi) is 5.85. The molecule has 0 aliphatic heterocycles. The van der Waals surface area contributed by atoms with Gasteiger partial charge >= 0.3 is 0 Å². The van der Waals surface area contributed by atoms with E-state index in [1.807, 2.05) is 7.05 Å². The number of thiophene rings is 1. The lowest BCUT2D eigenvalue weighted by Crippen LogP contribution is -2.18. The Morgan fingerprint density at radius 2 is 2.10 bits per heavy atom. The minimum atomic E-state index is 0.223. The van der Waals surface area contributed by atoms with E-state index >= 15 is 0 Å². The number of rotatable bonds is 7. The van der Waals surface area contributed by atoms with Crippen LogP contribution >= 0.6 is 22.9 Å². The normalized spacial score (nSPS) is 13.0. The summed E-state index contributed by atoms with van der Waals surface area (Å²) in [5, 5.41) is 11.1. The highest BCUT2D eigenvalue weighted by atomic mass is 35.5.